The van der Waals surface area contributed by atoms with Crippen LogP contribution in [0.1, 0.15) is 71.9 Å². The normalized spacial score (nSPS) is 20.7. The van der Waals surface area contributed by atoms with Crippen molar-refractivity contribution in [2.24, 2.45) is 21.6 Å². The molecule has 1 aromatic rings. The van der Waals surface area contributed by atoms with Crippen molar-refractivity contribution in [3.63, 3.8) is 0 Å². The van der Waals surface area contributed by atoms with E-state index >= 15 is 0 Å². The van der Waals surface area contributed by atoms with Crippen LogP contribution in [0.25, 0.3) is 5.70 Å². The van der Waals surface area contributed by atoms with E-state index in [4.69, 9.17) is 21.9 Å². The zero-order valence-electron chi connectivity index (χ0n) is 19.9. The minimum Gasteiger partial charge on any atom is -0.397 e. The van der Waals surface area contributed by atoms with Crippen LogP contribution in [0.4, 0.5) is 0 Å². The second-order valence-corrected chi connectivity index (χ2v) is 10.9. The molecule has 0 unspecified atom stereocenters. The number of nitrogens with two attached hydrogens (primary N) is 1. The summed E-state index contributed by atoms with van der Waals surface area (Å²) in [4.78, 5) is 19.6. The molecule has 2 aliphatic rings. The van der Waals surface area contributed by atoms with Gasteiger partial charge in [-0.15, -0.1) is 0 Å². The van der Waals surface area contributed by atoms with Crippen molar-refractivity contribution in [2.75, 3.05) is 26.2 Å². The van der Waals surface area contributed by atoms with Crippen molar-refractivity contribution in [3.05, 3.63) is 23.6 Å². The molecule has 2 fully saturated rings. The number of amides is 1. The third kappa shape index (κ3) is 6.58. The predicted molar refractivity (Wildman–Crippen MR) is 129 cm³/mol. The number of carbonyl (C=O) groups excluding carboxylic acids is 1. The number of piperidine rings is 1. The van der Waals surface area contributed by atoms with Crippen LogP contribution < -0.4 is 11.1 Å². The maximum atomic E-state index is 12.8. The molecule has 0 atom stereocenters. The quantitative estimate of drug-likeness (QED) is 0.563. The molecule has 32 heavy (non-hydrogen) atoms. The summed E-state index contributed by atoms with van der Waals surface area (Å²) < 4.78 is 4.87. The average Bonchev–Trinajstić information content (AvgIpc) is 3.24. The highest BCUT2D eigenvalue weighted by atomic mass is 35.5. The molecule has 8 heteroatoms. The van der Waals surface area contributed by atoms with Gasteiger partial charge in [0.2, 0.25) is 5.91 Å². The number of halogens is 1. The van der Waals surface area contributed by atoms with Crippen LogP contribution in [-0.2, 0) is 4.79 Å². The second kappa shape index (κ2) is 10.4. The first-order chi connectivity index (χ1) is 15.1. The zero-order chi connectivity index (χ0) is 23.4. The molecule has 1 saturated carbocycles. The second-order valence-electron chi connectivity index (χ2n) is 10.5. The molecule has 0 radical (unpaired) electrons. The third-order valence-corrected chi connectivity index (χ3v) is 7.09. The van der Waals surface area contributed by atoms with Crippen LogP contribution in [0.3, 0.4) is 0 Å². The van der Waals surface area contributed by atoms with Gasteiger partial charge in [-0.05, 0) is 69.5 Å². The van der Waals surface area contributed by atoms with Gasteiger partial charge in [0.1, 0.15) is 17.1 Å². The molecule has 1 aliphatic heterocycles. The lowest BCUT2D eigenvalue weighted by Crippen LogP contribution is -2.55. The lowest BCUT2D eigenvalue weighted by atomic mass is 9.60. The Kier molecular flexibility index (Phi) is 8.04. The fourth-order valence-corrected chi connectivity index (χ4v) is 4.99. The Morgan fingerprint density at radius 3 is 2.62 bits per heavy atom. The Morgan fingerprint density at radius 1 is 1.38 bits per heavy atom. The Bertz CT molecular complexity index is 825. The first-order valence-corrected chi connectivity index (χ1v) is 12.1. The maximum absolute atomic E-state index is 12.8. The summed E-state index contributed by atoms with van der Waals surface area (Å²) in [5.41, 5.74) is 8.27. The maximum Gasteiger partial charge on any atom is 0.224 e. The molecule has 1 spiro atoms. The summed E-state index contributed by atoms with van der Waals surface area (Å²) in [5.74, 6) is -0.0849. The van der Waals surface area contributed by atoms with Crippen molar-refractivity contribution in [1.82, 2.24) is 15.4 Å². The highest BCUT2D eigenvalue weighted by Gasteiger charge is 2.46. The van der Waals surface area contributed by atoms with Gasteiger partial charge in [-0.3, -0.25) is 9.79 Å². The number of aliphatic imine (C=N–C) groups is 1. The van der Waals surface area contributed by atoms with E-state index in [1.807, 2.05) is 6.92 Å². The number of nitrogens with one attached hydrogen (secondary N) is 1. The summed E-state index contributed by atoms with van der Waals surface area (Å²) in [6.45, 7) is 12.8. The molecule has 0 bridgehead atoms. The van der Waals surface area contributed by atoms with E-state index in [2.05, 4.69) is 41.1 Å². The summed E-state index contributed by atoms with van der Waals surface area (Å²) in [6.07, 6.45) is 7.31. The number of hydrogen-bond acceptors (Lipinski definition) is 6. The summed E-state index contributed by atoms with van der Waals surface area (Å²) in [7, 11) is 0. The molecular formula is C24H38ClN5O2. The molecule has 1 amide bonds. The van der Waals surface area contributed by atoms with Gasteiger partial charge < -0.3 is 20.5 Å². The van der Waals surface area contributed by atoms with Crippen LogP contribution in [0.5, 0.6) is 0 Å². The highest BCUT2D eigenvalue weighted by Crippen LogP contribution is 2.49. The van der Waals surface area contributed by atoms with Gasteiger partial charge in [-0.2, -0.15) is 0 Å². The molecule has 2 heterocycles. The van der Waals surface area contributed by atoms with Crippen molar-refractivity contribution < 1.29 is 9.32 Å². The Hall–Kier alpha value is -1.86. The minimum atomic E-state index is -0.0849. The van der Waals surface area contributed by atoms with E-state index in [9.17, 15) is 4.79 Å². The lowest BCUT2D eigenvalue weighted by molar-refractivity contribution is -0.123. The summed E-state index contributed by atoms with van der Waals surface area (Å²) in [6, 6.07) is 1.87. The molecular weight excluding hydrogens is 426 g/mol. The number of hydrogen-bond donors (Lipinski definition) is 2. The van der Waals surface area contributed by atoms with Crippen molar-refractivity contribution in [3.8, 4) is 0 Å². The van der Waals surface area contributed by atoms with Crippen molar-refractivity contribution in [1.29, 1.82) is 0 Å². The molecule has 0 aromatic carbocycles. The fraction of sp³-hybridized carbons (Fsp3) is 0.708. The molecule has 1 aromatic heterocycles. The Morgan fingerprint density at radius 2 is 2.06 bits per heavy atom. The zero-order valence-corrected chi connectivity index (χ0v) is 20.7. The van der Waals surface area contributed by atoms with Crippen LogP contribution in [0, 0.1) is 10.8 Å². The molecule has 1 saturated heterocycles. The predicted octanol–water partition coefficient (Wildman–Crippen LogP) is 4.19. The van der Waals surface area contributed by atoms with Gasteiger partial charge in [0.25, 0.3) is 0 Å². The monoisotopic (exact) mass is 463 g/mol. The van der Waals surface area contributed by atoms with E-state index in [1.54, 1.807) is 6.07 Å². The molecule has 3 rings (SSSR count). The van der Waals surface area contributed by atoms with E-state index in [0.717, 1.165) is 12.8 Å². The largest absolute Gasteiger partial charge is 0.397 e. The lowest BCUT2D eigenvalue weighted by Gasteiger charge is -2.52. The van der Waals surface area contributed by atoms with Crippen LogP contribution >= 0.6 is 11.6 Å². The molecule has 3 N–H and O–H groups in total. The van der Waals surface area contributed by atoms with E-state index in [0.29, 0.717) is 34.3 Å². The van der Waals surface area contributed by atoms with Gasteiger partial charge in [-0.1, -0.05) is 37.5 Å². The Balaban J connectivity index is 1.50. The topological polar surface area (TPSA) is 96.8 Å². The highest BCUT2D eigenvalue weighted by molar-refractivity contribution is 6.70. The van der Waals surface area contributed by atoms with E-state index in [-0.39, 0.29) is 23.5 Å². The van der Waals surface area contributed by atoms with Gasteiger partial charge in [0, 0.05) is 24.2 Å². The smallest absolute Gasteiger partial charge is 0.224 e. The van der Waals surface area contributed by atoms with Crippen LogP contribution in [0.2, 0.25) is 0 Å². The number of carbonyl (C=O) groups is 1. The van der Waals surface area contributed by atoms with Gasteiger partial charge in [0.15, 0.2) is 0 Å². The molecule has 1 aliphatic carbocycles. The average molecular weight is 464 g/mol. The first kappa shape index (κ1) is 24.8. The van der Waals surface area contributed by atoms with Crippen molar-refractivity contribution in [2.45, 2.75) is 72.3 Å². The minimum absolute atomic E-state index is 0.0745. The van der Waals surface area contributed by atoms with Crippen molar-refractivity contribution >= 4 is 28.4 Å². The van der Waals surface area contributed by atoms with Gasteiger partial charge >= 0.3 is 0 Å². The van der Waals surface area contributed by atoms with Gasteiger partial charge in [-0.25, -0.2) is 0 Å². The number of aromatic nitrogens is 1. The number of likely N-dealkylation sites (tertiary alicyclic amines) is 1. The van der Waals surface area contributed by atoms with Crippen LogP contribution in [0.15, 0.2) is 27.4 Å². The molecule has 7 nitrogen and oxygen atoms in total. The SMILES string of the molecule is CCN=C(Cl)/C(CC(=O)NC1CC2(CCN(CCC(C)(C)C)CC2)C1)=C(\N)c1ccon1. The third-order valence-electron chi connectivity index (χ3n) is 6.74. The summed E-state index contributed by atoms with van der Waals surface area (Å²) >= 11 is 6.34. The summed E-state index contributed by atoms with van der Waals surface area (Å²) in [5, 5.41) is 7.28. The first-order valence-electron chi connectivity index (χ1n) is 11.7. The molecule has 178 valence electrons. The number of rotatable bonds is 8. The van der Waals surface area contributed by atoms with E-state index in [1.165, 1.54) is 45.2 Å². The fourth-order valence-electron chi connectivity index (χ4n) is 4.70. The van der Waals surface area contributed by atoms with Crippen LogP contribution in [-0.4, -0.2) is 53.4 Å². The van der Waals surface area contributed by atoms with Gasteiger partial charge in [0.05, 0.1) is 12.1 Å². The standard InChI is InChI=1S/C24H38ClN5O2/c1-5-27-22(25)18(21(26)19-6-13-32-29-19)14-20(31)28-17-15-24(16-17)8-11-30(12-9-24)10-7-23(2,3)4/h6,13,17H,5,7-12,14-16,26H2,1-4H3,(H,28,31)/b21-18-,27-22?. The van der Waals surface area contributed by atoms with E-state index < -0.39 is 0 Å². The number of nitrogens with zero attached hydrogens (tertiary/aromatic N) is 3. The Labute approximate surface area is 196 Å².